The lowest BCUT2D eigenvalue weighted by Gasteiger charge is -2.06. The summed E-state index contributed by atoms with van der Waals surface area (Å²) in [5, 5.41) is 4.43. The number of aryl methyl sites for hydroxylation is 1. The molecule has 0 bridgehead atoms. The zero-order valence-electron chi connectivity index (χ0n) is 10.3. The van der Waals surface area contributed by atoms with Gasteiger partial charge in [-0.1, -0.05) is 19.8 Å². The maximum absolute atomic E-state index is 5.71. The van der Waals surface area contributed by atoms with Crippen LogP contribution in [0.2, 0.25) is 0 Å². The van der Waals surface area contributed by atoms with Gasteiger partial charge in [-0.3, -0.25) is 0 Å². The lowest BCUT2D eigenvalue weighted by atomic mass is 10.2. The van der Waals surface area contributed by atoms with Gasteiger partial charge in [-0.05, 0) is 19.4 Å². The van der Waals surface area contributed by atoms with Gasteiger partial charge in [0.05, 0.1) is 5.39 Å². The van der Waals surface area contributed by atoms with Crippen molar-refractivity contribution in [1.29, 1.82) is 0 Å². The van der Waals surface area contributed by atoms with Gasteiger partial charge in [-0.2, -0.15) is 4.98 Å². The van der Waals surface area contributed by atoms with E-state index in [1.807, 2.05) is 0 Å². The van der Waals surface area contributed by atoms with Crippen molar-refractivity contribution in [2.45, 2.75) is 33.1 Å². The molecule has 0 aliphatic heterocycles. The molecule has 0 aliphatic carbocycles. The number of hydrogen-bond donors (Lipinski definition) is 2. The van der Waals surface area contributed by atoms with E-state index in [1.54, 1.807) is 11.3 Å². The summed E-state index contributed by atoms with van der Waals surface area (Å²) in [6.07, 6.45) is 3.62. The number of fused-ring (bicyclic) bond motifs is 1. The van der Waals surface area contributed by atoms with Crippen molar-refractivity contribution in [3.05, 3.63) is 10.9 Å². The summed E-state index contributed by atoms with van der Waals surface area (Å²) in [5.41, 5.74) is 5.71. The number of nitrogens with two attached hydrogens (primary N) is 1. The van der Waals surface area contributed by atoms with Crippen molar-refractivity contribution < 1.29 is 0 Å². The van der Waals surface area contributed by atoms with Gasteiger partial charge in [0.2, 0.25) is 5.95 Å². The number of hydrogen-bond acceptors (Lipinski definition) is 5. The van der Waals surface area contributed by atoms with E-state index in [-0.39, 0.29) is 0 Å². The lowest BCUT2D eigenvalue weighted by molar-refractivity contribution is 0.743. The van der Waals surface area contributed by atoms with Gasteiger partial charge >= 0.3 is 0 Å². The summed E-state index contributed by atoms with van der Waals surface area (Å²) in [6.45, 7) is 5.21. The smallest absolute Gasteiger partial charge is 0.223 e. The molecule has 4 nitrogen and oxygen atoms in total. The molecule has 2 rings (SSSR count). The van der Waals surface area contributed by atoms with Crippen LogP contribution in [0.15, 0.2) is 6.07 Å². The minimum Gasteiger partial charge on any atom is -0.369 e. The van der Waals surface area contributed by atoms with Crippen LogP contribution in [0.1, 0.15) is 31.1 Å². The van der Waals surface area contributed by atoms with Crippen LogP contribution in [0, 0.1) is 6.92 Å². The molecule has 0 fully saturated rings. The number of thiophene rings is 1. The Bertz CT molecular complexity index is 506. The highest BCUT2D eigenvalue weighted by Crippen LogP contribution is 2.28. The number of nitrogen functional groups attached to an aromatic ring is 1. The minimum atomic E-state index is 0.345. The Kier molecular flexibility index (Phi) is 3.78. The third kappa shape index (κ3) is 2.85. The Morgan fingerprint density at radius 1 is 1.35 bits per heavy atom. The lowest BCUT2D eigenvalue weighted by Crippen LogP contribution is -2.05. The molecule has 0 unspecified atom stereocenters. The molecule has 5 heteroatoms. The van der Waals surface area contributed by atoms with E-state index in [2.05, 4.69) is 35.2 Å². The Labute approximate surface area is 105 Å². The number of anilines is 2. The largest absolute Gasteiger partial charge is 0.369 e. The predicted molar refractivity (Wildman–Crippen MR) is 74.6 cm³/mol. The fourth-order valence-corrected chi connectivity index (χ4v) is 2.66. The van der Waals surface area contributed by atoms with Gasteiger partial charge in [0.15, 0.2) is 0 Å². The highest BCUT2D eigenvalue weighted by molar-refractivity contribution is 7.18. The van der Waals surface area contributed by atoms with Crippen molar-refractivity contribution in [3.8, 4) is 0 Å². The molecule has 2 aromatic heterocycles. The van der Waals surface area contributed by atoms with Crippen LogP contribution in [0.3, 0.4) is 0 Å². The van der Waals surface area contributed by atoms with Crippen LogP contribution < -0.4 is 11.1 Å². The van der Waals surface area contributed by atoms with Crippen LogP contribution >= 0.6 is 11.3 Å². The topological polar surface area (TPSA) is 63.8 Å². The fraction of sp³-hybridized carbons (Fsp3) is 0.500. The monoisotopic (exact) mass is 250 g/mol. The first-order valence-corrected chi connectivity index (χ1v) is 6.80. The van der Waals surface area contributed by atoms with Gasteiger partial charge < -0.3 is 11.1 Å². The van der Waals surface area contributed by atoms with E-state index in [0.717, 1.165) is 29.0 Å². The first kappa shape index (κ1) is 12.1. The van der Waals surface area contributed by atoms with E-state index in [0.29, 0.717) is 5.95 Å². The Morgan fingerprint density at radius 3 is 2.94 bits per heavy atom. The first-order valence-electron chi connectivity index (χ1n) is 5.98. The SMILES string of the molecule is CCCCCNc1nc(N)nc2sc(C)cc12. The molecular formula is C12H18N4S. The summed E-state index contributed by atoms with van der Waals surface area (Å²) in [6, 6.07) is 2.11. The maximum Gasteiger partial charge on any atom is 0.223 e. The van der Waals surface area contributed by atoms with Gasteiger partial charge in [-0.15, -0.1) is 11.3 Å². The molecule has 2 heterocycles. The Morgan fingerprint density at radius 2 is 2.18 bits per heavy atom. The zero-order valence-corrected chi connectivity index (χ0v) is 11.1. The first-order chi connectivity index (χ1) is 8.20. The minimum absolute atomic E-state index is 0.345. The van der Waals surface area contributed by atoms with Crippen molar-refractivity contribution in [2.75, 3.05) is 17.6 Å². The number of nitrogens with zero attached hydrogens (tertiary/aromatic N) is 2. The second-order valence-corrected chi connectivity index (χ2v) is 5.37. The molecule has 2 aromatic rings. The van der Waals surface area contributed by atoms with Crippen molar-refractivity contribution in [1.82, 2.24) is 9.97 Å². The van der Waals surface area contributed by atoms with E-state index in [9.17, 15) is 0 Å². The quantitative estimate of drug-likeness (QED) is 0.800. The van der Waals surface area contributed by atoms with Gasteiger partial charge in [0, 0.05) is 11.4 Å². The van der Waals surface area contributed by atoms with Crippen LogP contribution in [0.25, 0.3) is 10.2 Å². The Balaban J connectivity index is 2.19. The molecule has 17 heavy (non-hydrogen) atoms. The second kappa shape index (κ2) is 5.31. The van der Waals surface area contributed by atoms with Crippen molar-refractivity contribution >= 4 is 33.3 Å². The Hall–Kier alpha value is -1.36. The molecule has 0 spiro atoms. The average Bonchev–Trinajstić information content (AvgIpc) is 2.64. The van der Waals surface area contributed by atoms with E-state index < -0.39 is 0 Å². The average molecular weight is 250 g/mol. The van der Waals surface area contributed by atoms with Crippen molar-refractivity contribution in [2.24, 2.45) is 0 Å². The number of rotatable bonds is 5. The maximum atomic E-state index is 5.71. The molecule has 92 valence electrons. The third-order valence-corrected chi connectivity index (χ3v) is 3.55. The van der Waals surface area contributed by atoms with Crippen LogP contribution in [0.4, 0.5) is 11.8 Å². The number of aromatic nitrogens is 2. The van der Waals surface area contributed by atoms with Crippen LogP contribution in [0.5, 0.6) is 0 Å². The third-order valence-electron chi connectivity index (χ3n) is 2.61. The second-order valence-electron chi connectivity index (χ2n) is 4.14. The normalized spacial score (nSPS) is 10.9. The molecule has 0 aromatic carbocycles. The zero-order chi connectivity index (χ0) is 12.3. The summed E-state index contributed by atoms with van der Waals surface area (Å²) in [5.74, 6) is 1.21. The van der Waals surface area contributed by atoms with Gasteiger partial charge in [0.25, 0.3) is 0 Å². The van der Waals surface area contributed by atoms with Gasteiger partial charge in [-0.25, -0.2) is 4.98 Å². The van der Waals surface area contributed by atoms with E-state index in [4.69, 9.17) is 5.73 Å². The van der Waals surface area contributed by atoms with Crippen LogP contribution in [-0.4, -0.2) is 16.5 Å². The highest BCUT2D eigenvalue weighted by atomic mass is 32.1. The molecular weight excluding hydrogens is 232 g/mol. The van der Waals surface area contributed by atoms with Gasteiger partial charge in [0.1, 0.15) is 10.6 Å². The molecule has 0 radical (unpaired) electrons. The molecule has 0 saturated carbocycles. The number of nitrogens with one attached hydrogen (secondary N) is 1. The van der Waals surface area contributed by atoms with E-state index in [1.165, 1.54) is 17.7 Å². The molecule has 0 aliphatic rings. The molecule has 0 saturated heterocycles. The summed E-state index contributed by atoms with van der Waals surface area (Å²) in [4.78, 5) is 10.7. The van der Waals surface area contributed by atoms with Crippen LogP contribution in [-0.2, 0) is 0 Å². The number of unbranched alkanes of at least 4 members (excludes halogenated alkanes) is 2. The molecule has 0 amide bonds. The van der Waals surface area contributed by atoms with Crippen molar-refractivity contribution in [3.63, 3.8) is 0 Å². The summed E-state index contributed by atoms with van der Waals surface area (Å²) in [7, 11) is 0. The summed E-state index contributed by atoms with van der Waals surface area (Å²) < 4.78 is 0. The predicted octanol–water partition coefficient (Wildman–Crippen LogP) is 3.18. The van der Waals surface area contributed by atoms with E-state index >= 15 is 0 Å². The summed E-state index contributed by atoms with van der Waals surface area (Å²) >= 11 is 1.65. The standard InChI is InChI=1S/C12H18N4S/c1-3-4-5-6-14-10-9-7-8(2)17-11(9)16-12(13)15-10/h7H,3-6H2,1-2H3,(H3,13,14,15,16). The highest BCUT2D eigenvalue weighted by Gasteiger charge is 2.08. The fourth-order valence-electron chi connectivity index (χ4n) is 1.77. The molecule has 0 atom stereocenters. The molecule has 3 N–H and O–H groups in total.